The molecule has 1 fully saturated rings. The largest absolute Gasteiger partial charge is 0.322 e. The first kappa shape index (κ1) is 21.9. The monoisotopic (exact) mass is 483 g/mol. The van der Waals surface area contributed by atoms with E-state index in [4.69, 9.17) is 11.6 Å². The number of amides is 1. The highest BCUT2D eigenvalue weighted by Gasteiger charge is 2.39. The molecule has 0 saturated carbocycles. The number of aromatic nitrogens is 1. The summed E-state index contributed by atoms with van der Waals surface area (Å²) in [5, 5.41) is 3.30. The zero-order valence-corrected chi connectivity index (χ0v) is 19.2. The molecule has 2 atom stereocenters. The van der Waals surface area contributed by atoms with Gasteiger partial charge in [0.05, 0.1) is 4.90 Å². The predicted octanol–water partition coefficient (Wildman–Crippen LogP) is 3.56. The smallest absolute Gasteiger partial charge is 0.255 e. The lowest BCUT2D eigenvalue weighted by molar-refractivity contribution is 0.102. The second-order valence-corrected chi connectivity index (χ2v) is 10.9. The lowest BCUT2D eigenvalue weighted by Gasteiger charge is -2.42. The molecule has 2 aliphatic heterocycles. The van der Waals surface area contributed by atoms with Crippen molar-refractivity contribution in [2.24, 2.45) is 5.92 Å². The molecule has 33 heavy (non-hydrogen) atoms. The maximum atomic E-state index is 13.3. The molecule has 9 heteroatoms. The summed E-state index contributed by atoms with van der Waals surface area (Å²) in [7, 11) is -3.70. The number of pyridine rings is 1. The van der Waals surface area contributed by atoms with Gasteiger partial charge in [-0.1, -0.05) is 17.7 Å². The average molecular weight is 484 g/mol. The van der Waals surface area contributed by atoms with E-state index in [0.29, 0.717) is 35.9 Å². The number of fused-ring (bicyclic) bond motifs is 4. The van der Waals surface area contributed by atoms with Crippen molar-refractivity contribution in [3.63, 3.8) is 0 Å². The average Bonchev–Trinajstić information content (AvgIpc) is 2.80. The van der Waals surface area contributed by atoms with E-state index in [1.165, 1.54) is 16.4 Å². The highest BCUT2D eigenvalue weighted by Crippen LogP contribution is 2.37. The SMILES string of the molecule is O=C(Nc1ccc(S(=O)(=O)N2C[C@H]3C[C@@H](C2)c2cccc(=O)n2C3)cc1)c1ccc(Cl)cc1. The highest BCUT2D eigenvalue weighted by molar-refractivity contribution is 7.89. The normalized spacial score (nSPS) is 20.2. The van der Waals surface area contributed by atoms with Crippen LogP contribution in [0.1, 0.15) is 28.4 Å². The van der Waals surface area contributed by atoms with Crippen LogP contribution < -0.4 is 10.9 Å². The Kier molecular flexibility index (Phi) is 5.60. The Labute approximate surface area is 196 Å². The van der Waals surface area contributed by atoms with Crippen LogP contribution in [-0.4, -0.2) is 36.3 Å². The molecule has 170 valence electrons. The molecule has 3 aromatic rings. The van der Waals surface area contributed by atoms with Gasteiger partial charge in [0.25, 0.3) is 11.5 Å². The molecule has 2 aliphatic rings. The lowest BCUT2D eigenvalue weighted by atomic mass is 9.84. The summed E-state index contributed by atoms with van der Waals surface area (Å²) in [4.78, 5) is 24.8. The summed E-state index contributed by atoms with van der Waals surface area (Å²) in [5.41, 5.74) is 1.82. The fourth-order valence-electron chi connectivity index (χ4n) is 4.71. The number of carbonyl (C=O) groups excluding carboxylic acids is 1. The second-order valence-electron chi connectivity index (χ2n) is 8.51. The van der Waals surface area contributed by atoms with Gasteiger partial charge in [0.2, 0.25) is 10.0 Å². The molecule has 0 spiro atoms. The van der Waals surface area contributed by atoms with Gasteiger partial charge in [-0.2, -0.15) is 4.31 Å². The van der Waals surface area contributed by atoms with Crippen molar-refractivity contribution in [3.8, 4) is 0 Å². The molecular formula is C24H22ClN3O4S. The Hall–Kier alpha value is -2.94. The summed E-state index contributed by atoms with van der Waals surface area (Å²) >= 11 is 5.86. The number of carbonyl (C=O) groups is 1. The third kappa shape index (κ3) is 4.21. The first-order valence-electron chi connectivity index (χ1n) is 10.7. The molecule has 0 radical (unpaired) electrons. The minimum Gasteiger partial charge on any atom is -0.322 e. The molecule has 1 aromatic heterocycles. The Morgan fingerprint density at radius 1 is 0.939 bits per heavy atom. The van der Waals surface area contributed by atoms with E-state index in [1.807, 2.05) is 6.07 Å². The van der Waals surface area contributed by atoms with Crippen LogP contribution in [0.4, 0.5) is 5.69 Å². The van der Waals surface area contributed by atoms with Gasteiger partial charge in [-0.15, -0.1) is 0 Å². The summed E-state index contributed by atoms with van der Waals surface area (Å²) in [6.45, 7) is 1.26. The summed E-state index contributed by atoms with van der Waals surface area (Å²) < 4.78 is 30.0. The molecule has 5 rings (SSSR count). The van der Waals surface area contributed by atoms with Crippen molar-refractivity contribution in [3.05, 3.63) is 93.4 Å². The number of rotatable bonds is 4. The minimum absolute atomic E-state index is 0.000822. The number of sulfonamides is 1. The number of hydrogen-bond donors (Lipinski definition) is 1. The van der Waals surface area contributed by atoms with Crippen LogP contribution in [0.5, 0.6) is 0 Å². The Morgan fingerprint density at radius 3 is 2.39 bits per heavy atom. The molecule has 7 nitrogen and oxygen atoms in total. The predicted molar refractivity (Wildman–Crippen MR) is 126 cm³/mol. The van der Waals surface area contributed by atoms with Crippen LogP contribution in [0.2, 0.25) is 5.02 Å². The molecule has 2 aromatic carbocycles. The zero-order chi connectivity index (χ0) is 23.2. The van der Waals surface area contributed by atoms with E-state index in [0.717, 1.165) is 12.1 Å². The first-order valence-corrected chi connectivity index (χ1v) is 12.5. The number of benzene rings is 2. The Balaban J connectivity index is 1.33. The van der Waals surface area contributed by atoms with E-state index >= 15 is 0 Å². The molecule has 0 aliphatic carbocycles. The first-order chi connectivity index (χ1) is 15.8. The van der Waals surface area contributed by atoms with Gasteiger partial charge in [-0.25, -0.2) is 8.42 Å². The van der Waals surface area contributed by atoms with Gasteiger partial charge in [0.15, 0.2) is 0 Å². The standard InChI is InChI=1S/C24H22ClN3O4S/c25-19-6-4-17(5-7-19)24(30)26-20-8-10-21(11-9-20)33(31,32)27-13-16-12-18(15-27)22-2-1-3-23(29)28(22)14-16/h1-11,16,18H,12-15H2,(H,26,30)/t16-,18+/m1/s1. The van der Waals surface area contributed by atoms with Crippen LogP contribution in [0.25, 0.3) is 0 Å². The van der Waals surface area contributed by atoms with Gasteiger partial charge in [0.1, 0.15) is 0 Å². The molecule has 1 saturated heterocycles. The van der Waals surface area contributed by atoms with Gasteiger partial charge in [-0.3, -0.25) is 9.59 Å². The molecule has 3 heterocycles. The van der Waals surface area contributed by atoms with Crippen molar-refractivity contribution in [2.75, 3.05) is 18.4 Å². The molecular weight excluding hydrogens is 462 g/mol. The highest BCUT2D eigenvalue weighted by atomic mass is 35.5. The topological polar surface area (TPSA) is 88.5 Å². The number of nitrogens with zero attached hydrogens (tertiary/aromatic N) is 2. The molecule has 0 unspecified atom stereocenters. The minimum atomic E-state index is -3.70. The van der Waals surface area contributed by atoms with Gasteiger partial charge in [-0.05, 0) is 66.9 Å². The lowest BCUT2D eigenvalue weighted by Crippen LogP contribution is -2.48. The maximum absolute atomic E-state index is 13.3. The zero-order valence-electron chi connectivity index (χ0n) is 17.6. The number of halogens is 1. The van der Waals surface area contributed by atoms with Crippen LogP contribution >= 0.6 is 11.6 Å². The van der Waals surface area contributed by atoms with E-state index in [9.17, 15) is 18.0 Å². The summed E-state index contributed by atoms with van der Waals surface area (Å²) in [5.74, 6) is -0.205. The van der Waals surface area contributed by atoms with E-state index in [1.54, 1.807) is 53.1 Å². The number of piperidine rings is 1. The van der Waals surface area contributed by atoms with E-state index in [2.05, 4.69) is 5.32 Å². The second kappa shape index (κ2) is 8.44. The van der Waals surface area contributed by atoms with Crippen molar-refractivity contribution in [1.82, 2.24) is 8.87 Å². The fraction of sp³-hybridized carbons (Fsp3) is 0.250. The quantitative estimate of drug-likeness (QED) is 0.614. The fourth-order valence-corrected chi connectivity index (χ4v) is 6.40. The van der Waals surface area contributed by atoms with Crippen LogP contribution in [0.3, 0.4) is 0 Å². The van der Waals surface area contributed by atoms with Gasteiger partial charge < -0.3 is 9.88 Å². The third-order valence-corrected chi connectivity index (χ3v) is 8.40. The van der Waals surface area contributed by atoms with Gasteiger partial charge in [0, 0.05) is 53.6 Å². The van der Waals surface area contributed by atoms with Gasteiger partial charge >= 0.3 is 0 Å². The Bertz CT molecular complexity index is 1370. The van der Waals surface area contributed by atoms with E-state index in [-0.39, 0.29) is 28.2 Å². The summed E-state index contributed by atoms with van der Waals surface area (Å²) in [6.07, 6.45) is 0.880. The van der Waals surface area contributed by atoms with Crippen molar-refractivity contribution in [2.45, 2.75) is 23.8 Å². The number of nitrogens with one attached hydrogen (secondary N) is 1. The van der Waals surface area contributed by atoms with Crippen molar-refractivity contribution in [1.29, 1.82) is 0 Å². The Morgan fingerprint density at radius 2 is 1.67 bits per heavy atom. The van der Waals surface area contributed by atoms with Crippen LogP contribution in [-0.2, 0) is 16.6 Å². The summed E-state index contributed by atoms with van der Waals surface area (Å²) in [6, 6.07) is 17.9. The van der Waals surface area contributed by atoms with Crippen LogP contribution in [0.15, 0.2) is 76.4 Å². The third-order valence-electron chi connectivity index (χ3n) is 6.30. The van der Waals surface area contributed by atoms with Crippen molar-refractivity contribution >= 4 is 33.2 Å². The van der Waals surface area contributed by atoms with Crippen molar-refractivity contribution < 1.29 is 13.2 Å². The van der Waals surface area contributed by atoms with E-state index < -0.39 is 10.0 Å². The molecule has 1 amide bonds. The molecule has 1 N–H and O–H groups in total. The maximum Gasteiger partial charge on any atom is 0.255 e. The number of hydrogen-bond acceptors (Lipinski definition) is 4. The van der Waals surface area contributed by atoms with Crippen LogP contribution in [0, 0.1) is 5.92 Å². The number of anilines is 1. The molecule has 2 bridgehead atoms.